The molecule has 0 fully saturated rings. The first kappa shape index (κ1) is 39.6. The van der Waals surface area contributed by atoms with Crippen LogP contribution >= 0.6 is 0 Å². The van der Waals surface area contributed by atoms with Crippen LogP contribution in [0.15, 0.2) is 189 Å². The summed E-state index contributed by atoms with van der Waals surface area (Å²) < 4.78 is 83.6. The lowest BCUT2D eigenvalue weighted by Crippen LogP contribution is -2.22. The number of nitrogens with two attached hydrogens (primary N) is 2. The molecule has 0 spiro atoms. The van der Waals surface area contributed by atoms with Gasteiger partial charge in [0.2, 0.25) is 19.7 Å². The van der Waals surface area contributed by atoms with E-state index in [0.717, 1.165) is 0 Å². The molecular formula is C51H38N2O8S2. The van der Waals surface area contributed by atoms with Gasteiger partial charge >= 0.3 is 0 Å². The predicted molar refractivity (Wildman–Crippen MR) is 242 cm³/mol. The summed E-state index contributed by atoms with van der Waals surface area (Å²) in [5.74, 6) is 3.73. The van der Waals surface area contributed by atoms with Crippen LogP contribution in [0.3, 0.4) is 0 Å². The Labute approximate surface area is 364 Å². The summed E-state index contributed by atoms with van der Waals surface area (Å²) in [7, 11) is -8.24. The highest BCUT2D eigenvalue weighted by molar-refractivity contribution is 7.92. The lowest BCUT2D eigenvalue weighted by molar-refractivity contribution is 0.447. The average molecular weight is 871 g/mol. The monoisotopic (exact) mass is 870 g/mol. The highest BCUT2D eigenvalue weighted by atomic mass is 32.2. The van der Waals surface area contributed by atoms with Gasteiger partial charge in [-0.25, -0.2) is 16.8 Å². The second-order valence-corrected chi connectivity index (χ2v) is 19.6. The zero-order valence-electron chi connectivity index (χ0n) is 33.9. The van der Waals surface area contributed by atoms with E-state index in [0.29, 0.717) is 90.8 Å². The third-order valence-corrected chi connectivity index (χ3v) is 15.0. The van der Waals surface area contributed by atoms with E-state index < -0.39 is 25.1 Å². The van der Waals surface area contributed by atoms with Crippen LogP contribution in [0.2, 0.25) is 0 Å². The SMILES string of the molecule is CC(C)(c1ccc(S(=O)(=O)c2ccc(Oc3cccc(N)c3)cc2)c2c1Oc1ccc-2cc1)c1ccc(S(=O)(=O)c2ccc(Oc3cccc(N)c3)cc2)c2c1Oc1ccc-2cc1. The van der Waals surface area contributed by atoms with Crippen molar-refractivity contribution in [1.29, 1.82) is 0 Å². The largest absolute Gasteiger partial charge is 0.457 e. The molecule has 8 aromatic rings. The normalized spacial score (nSPS) is 12.6. The van der Waals surface area contributed by atoms with Gasteiger partial charge in [-0.1, -0.05) is 62.4 Å². The second-order valence-electron chi connectivity index (χ2n) is 15.8. The van der Waals surface area contributed by atoms with Gasteiger partial charge in [0.15, 0.2) is 0 Å². The first-order valence-electron chi connectivity index (χ1n) is 19.9. The van der Waals surface area contributed by atoms with Crippen LogP contribution in [0.25, 0.3) is 22.3 Å². The molecule has 10 nitrogen and oxygen atoms in total. The Morgan fingerprint density at radius 3 is 1.19 bits per heavy atom. The van der Waals surface area contributed by atoms with Gasteiger partial charge < -0.3 is 30.4 Å². The maximum atomic E-state index is 14.6. The summed E-state index contributed by atoms with van der Waals surface area (Å²) in [6.07, 6.45) is 0. The van der Waals surface area contributed by atoms with Gasteiger partial charge in [0.25, 0.3) is 0 Å². The summed E-state index contributed by atoms with van der Waals surface area (Å²) in [4.78, 5) is 0.264. The Morgan fingerprint density at radius 1 is 0.444 bits per heavy atom. The van der Waals surface area contributed by atoms with Crippen molar-refractivity contribution in [1.82, 2.24) is 0 Å². The van der Waals surface area contributed by atoms with E-state index >= 15 is 0 Å². The fourth-order valence-corrected chi connectivity index (χ4v) is 11.1. The van der Waals surface area contributed by atoms with Gasteiger partial charge in [-0.15, -0.1) is 0 Å². The lowest BCUT2D eigenvalue weighted by Gasteiger charge is -2.32. The number of hydrogen-bond donors (Lipinski definition) is 2. The van der Waals surface area contributed by atoms with Gasteiger partial charge in [0.1, 0.15) is 46.0 Å². The third-order valence-electron chi connectivity index (χ3n) is 11.3. The molecule has 8 aromatic carbocycles. The molecule has 312 valence electrons. The first-order chi connectivity index (χ1) is 30.3. The van der Waals surface area contributed by atoms with Crippen LogP contribution in [0, 0.1) is 0 Å². The molecule has 12 rings (SSSR count). The van der Waals surface area contributed by atoms with Crippen LogP contribution in [0.4, 0.5) is 11.4 Å². The molecule has 0 aliphatic carbocycles. The molecule has 12 heteroatoms. The Balaban J connectivity index is 1.05. The van der Waals surface area contributed by atoms with Gasteiger partial charge in [0.05, 0.1) is 19.6 Å². The van der Waals surface area contributed by atoms with Crippen LogP contribution in [0.1, 0.15) is 25.0 Å². The number of fused-ring (bicyclic) bond motifs is 4. The van der Waals surface area contributed by atoms with Crippen molar-refractivity contribution >= 4 is 31.0 Å². The van der Waals surface area contributed by atoms with Crippen LogP contribution < -0.4 is 30.4 Å². The zero-order valence-corrected chi connectivity index (χ0v) is 35.5. The fraction of sp³-hybridized carbons (Fsp3) is 0.0588. The van der Waals surface area contributed by atoms with Crippen LogP contribution in [-0.2, 0) is 25.1 Å². The number of anilines is 2. The molecule has 4 bridgehead atoms. The Kier molecular flexibility index (Phi) is 9.32. The number of hydrogen-bond acceptors (Lipinski definition) is 10. The quantitative estimate of drug-likeness (QED) is 0.127. The van der Waals surface area contributed by atoms with Crippen molar-refractivity contribution < 1.29 is 35.8 Å². The van der Waals surface area contributed by atoms with Gasteiger partial charge in [-0.3, -0.25) is 0 Å². The highest BCUT2D eigenvalue weighted by Crippen LogP contribution is 2.54. The molecule has 0 radical (unpaired) electrons. The van der Waals surface area contributed by atoms with Crippen LogP contribution in [-0.4, -0.2) is 16.8 Å². The number of sulfone groups is 2. The summed E-state index contributed by atoms with van der Waals surface area (Å²) >= 11 is 0. The number of benzene rings is 8. The molecule has 4 heterocycles. The van der Waals surface area contributed by atoms with E-state index in [4.69, 9.17) is 30.4 Å². The van der Waals surface area contributed by atoms with Crippen molar-refractivity contribution in [3.8, 4) is 68.2 Å². The lowest BCUT2D eigenvalue weighted by atomic mass is 9.75. The molecule has 63 heavy (non-hydrogen) atoms. The molecular weight excluding hydrogens is 833 g/mol. The minimum atomic E-state index is -4.12. The molecule has 4 aliphatic rings. The second kappa shape index (κ2) is 14.8. The van der Waals surface area contributed by atoms with Crippen molar-refractivity contribution in [2.45, 2.75) is 38.8 Å². The standard InChI is InChI=1S/C51H38N2O8S2/c1-51(2,43-25-27-45(47-31-9-13-37(14-10-31)60-49(43)47)62(54,55)41-21-17-35(18-22-41)58-39-7-3-5-33(52)29-39)44-26-28-46(48-32-11-15-38(16-12-32)61-50(44)48)63(56,57)42-23-19-36(20-24-42)59-40-8-4-6-34(53)30-40/h3-30H,52-53H2,1-2H3. The van der Waals surface area contributed by atoms with E-state index in [-0.39, 0.29) is 19.6 Å². The summed E-state index contributed by atoms with van der Waals surface area (Å²) in [5, 5.41) is 0. The van der Waals surface area contributed by atoms with E-state index in [1.807, 2.05) is 38.1 Å². The van der Waals surface area contributed by atoms with Gasteiger partial charge in [-0.05, 0) is 120 Å². The number of rotatable bonds is 10. The summed E-state index contributed by atoms with van der Waals surface area (Å²) in [6, 6.07) is 47.7. The highest BCUT2D eigenvalue weighted by Gasteiger charge is 2.39. The predicted octanol–water partition coefficient (Wildman–Crippen LogP) is 12.0. The minimum Gasteiger partial charge on any atom is -0.457 e. The van der Waals surface area contributed by atoms with E-state index in [2.05, 4.69) is 0 Å². The molecule has 0 aromatic heterocycles. The van der Waals surface area contributed by atoms with Crippen molar-refractivity contribution in [2.75, 3.05) is 11.5 Å². The Bertz CT molecular complexity index is 3110. The molecule has 0 amide bonds. The summed E-state index contributed by atoms with van der Waals surface area (Å²) in [5.41, 5.74) is 15.4. The van der Waals surface area contributed by atoms with Crippen LogP contribution in [0.5, 0.6) is 46.0 Å². The molecule has 0 saturated carbocycles. The maximum Gasteiger partial charge on any atom is 0.207 e. The van der Waals surface area contributed by atoms with E-state index in [9.17, 15) is 16.8 Å². The topological polar surface area (TPSA) is 157 Å². The van der Waals surface area contributed by atoms with Crippen molar-refractivity contribution in [3.63, 3.8) is 0 Å². The van der Waals surface area contributed by atoms with E-state index in [1.165, 1.54) is 24.3 Å². The van der Waals surface area contributed by atoms with E-state index in [1.54, 1.807) is 121 Å². The Morgan fingerprint density at radius 2 is 0.825 bits per heavy atom. The number of ether oxygens (including phenoxy) is 4. The van der Waals surface area contributed by atoms with Gasteiger partial charge in [0, 0.05) is 51.2 Å². The molecule has 0 unspecified atom stereocenters. The zero-order chi connectivity index (χ0) is 43.7. The minimum absolute atomic E-state index is 0.0624. The first-order valence-corrected chi connectivity index (χ1v) is 22.9. The fourth-order valence-electron chi connectivity index (χ4n) is 8.14. The average Bonchev–Trinajstić information content (AvgIpc) is 3.73. The third kappa shape index (κ3) is 6.99. The van der Waals surface area contributed by atoms with Crippen molar-refractivity contribution in [2.24, 2.45) is 0 Å². The molecule has 4 aliphatic heterocycles. The van der Waals surface area contributed by atoms with Crippen molar-refractivity contribution in [3.05, 3.63) is 181 Å². The maximum absolute atomic E-state index is 14.6. The smallest absolute Gasteiger partial charge is 0.207 e. The Hall–Kier alpha value is -7.54. The summed E-state index contributed by atoms with van der Waals surface area (Å²) in [6.45, 7) is 3.97. The van der Waals surface area contributed by atoms with Gasteiger partial charge in [-0.2, -0.15) is 0 Å². The molecule has 0 saturated heterocycles. The molecule has 0 atom stereocenters. The number of nitrogen functional groups attached to an aromatic ring is 2. The molecule has 4 N–H and O–H groups in total.